The minimum atomic E-state index is -0.250. The zero-order chi connectivity index (χ0) is 18.5. The van der Waals surface area contributed by atoms with Crippen LogP contribution in [0.3, 0.4) is 0 Å². The predicted molar refractivity (Wildman–Crippen MR) is 102 cm³/mol. The van der Waals surface area contributed by atoms with Gasteiger partial charge < -0.3 is 20.4 Å². The van der Waals surface area contributed by atoms with Crippen molar-refractivity contribution in [3.8, 4) is 5.75 Å². The number of para-hydroxylation sites is 1. The van der Waals surface area contributed by atoms with Crippen molar-refractivity contribution in [2.24, 2.45) is 0 Å². The number of aromatic nitrogens is 2. The van der Waals surface area contributed by atoms with Gasteiger partial charge in [-0.15, -0.1) is 0 Å². The number of carbonyl (C=O) groups is 2. The van der Waals surface area contributed by atoms with E-state index < -0.39 is 0 Å². The molecule has 7 nitrogen and oxygen atoms in total. The molecular weight excluding hydrogens is 352 g/mol. The van der Waals surface area contributed by atoms with Crippen LogP contribution in [-0.4, -0.2) is 41.7 Å². The molecule has 134 valence electrons. The Bertz CT molecular complexity index is 955. The molecule has 3 N–H and O–H groups in total. The Morgan fingerprint density at radius 3 is 2.81 bits per heavy atom. The molecule has 0 aliphatic rings. The third kappa shape index (κ3) is 3.97. The number of anilines is 1. The van der Waals surface area contributed by atoms with Crippen LogP contribution in [-0.2, 0) is 4.79 Å². The van der Waals surface area contributed by atoms with Gasteiger partial charge in [-0.05, 0) is 24.3 Å². The van der Waals surface area contributed by atoms with Crippen LogP contribution in [0.2, 0.25) is 0 Å². The zero-order valence-electron chi connectivity index (χ0n) is 14.3. The number of nitrogens with zero attached hydrogens (tertiary/aromatic N) is 1. The van der Waals surface area contributed by atoms with E-state index in [4.69, 9.17) is 4.74 Å². The van der Waals surface area contributed by atoms with Crippen LogP contribution in [0.25, 0.3) is 11.0 Å². The van der Waals surface area contributed by atoms with E-state index >= 15 is 0 Å². The van der Waals surface area contributed by atoms with Gasteiger partial charge in [0.2, 0.25) is 5.91 Å². The summed E-state index contributed by atoms with van der Waals surface area (Å²) >= 11 is 1.29. The van der Waals surface area contributed by atoms with Crippen LogP contribution >= 0.6 is 11.8 Å². The summed E-state index contributed by atoms with van der Waals surface area (Å²) in [5.41, 5.74) is 2.55. The summed E-state index contributed by atoms with van der Waals surface area (Å²) in [6.45, 7) is 0. The van der Waals surface area contributed by atoms with Crippen molar-refractivity contribution in [2.45, 2.75) is 5.16 Å². The van der Waals surface area contributed by atoms with Crippen molar-refractivity contribution in [3.63, 3.8) is 0 Å². The molecule has 0 fully saturated rings. The fourth-order valence-corrected chi connectivity index (χ4v) is 3.09. The fourth-order valence-electron chi connectivity index (χ4n) is 2.41. The molecule has 2 amide bonds. The largest absolute Gasteiger partial charge is 0.497 e. The molecule has 1 heterocycles. The number of hydrogen-bond acceptors (Lipinski definition) is 5. The zero-order valence-corrected chi connectivity index (χ0v) is 15.1. The Balaban J connectivity index is 1.65. The lowest BCUT2D eigenvalue weighted by Gasteiger charge is -2.09. The third-order valence-corrected chi connectivity index (χ3v) is 4.55. The van der Waals surface area contributed by atoms with Gasteiger partial charge in [-0.25, -0.2) is 4.98 Å². The summed E-state index contributed by atoms with van der Waals surface area (Å²) in [6.07, 6.45) is 0. The number of aromatic amines is 1. The Kier molecular flexibility index (Phi) is 5.43. The summed E-state index contributed by atoms with van der Waals surface area (Å²) in [4.78, 5) is 31.7. The predicted octanol–water partition coefficient (Wildman–Crippen LogP) is 2.66. The van der Waals surface area contributed by atoms with E-state index in [0.29, 0.717) is 16.4 Å². The molecule has 26 heavy (non-hydrogen) atoms. The Morgan fingerprint density at radius 1 is 1.23 bits per heavy atom. The van der Waals surface area contributed by atoms with Gasteiger partial charge in [0.1, 0.15) is 5.75 Å². The highest BCUT2D eigenvalue weighted by molar-refractivity contribution is 7.99. The van der Waals surface area contributed by atoms with E-state index in [1.165, 1.54) is 11.8 Å². The van der Waals surface area contributed by atoms with Crippen LogP contribution in [0.1, 0.15) is 10.4 Å². The van der Waals surface area contributed by atoms with E-state index in [9.17, 15) is 9.59 Å². The number of nitrogens with one attached hydrogen (secondary N) is 3. The second kappa shape index (κ2) is 7.92. The molecule has 0 atom stereocenters. The molecule has 2 aromatic carbocycles. The molecule has 0 unspecified atom stereocenters. The highest BCUT2D eigenvalue weighted by atomic mass is 32.2. The monoisotopic (exact) mass is 370 g/mol. The van der Waals surface area contributed by atoms with Gasteiger partial charge in [-0.2, -0.15) is 0 Å². The molecule has 0 aliphatic heterocycles. The quantitative estimate of drug-likeness (QED) is 0.580. The first kappa shape index (κ1) is 17.8. The average molecular weight is 370 g/mol. The first-order chi connectivity index (χ1) is 12.6. The van der Waals surface area contributed by atoms with Gasteiger partial charge in [0.15, 0.2) is 5.16 Å². The van der Waals surface area contributed by atoms with Crippen molar-refractivity contribution >= 4 is 40.3 Å². The number of carbonyl (C=O) groups excluding carboxylic acids is 2. The standard InChI is InChI=1S/C18H18N4O3S/c1-19-17(24)12-5-3-4-6-13(12)20-16(23)10-26-18-21-14-8-7-11(25-2)9-15(14)22-18/h3-9H,10H2,1-2H3,(H,19,24)(H,20,23)(H,21,22). The number of amides is 2. The fraction of sp³-hybridized carbons (Fsp3) is 0.167. The maximum absolute atomic E-state index is 12.2. The van der Waals surface area contributed by atoms with Crippen LogP contribution < -0.4 is 15.4 Å². The van der Waals surface area contributed by atoms with E-state index in [1.807, 2.05) is 18.2 Å². The summed E-state index contributed by atoms with van der Waals surface area (Å²) in [5, 5.41) is 5.96. The minimum absolute atomic E-state index is 0.166. The number of hydrogen-bond donors (Lipinski definition) is 3. The van der Waals surface area contributed by atoms with Crippen molar-refractivity contribution < 1.29 is 14.3 Å². The summed E-state index contributed by atoms with van der Waals surface area (Å²) in [6, 6.07) is 12.4. The number of benzene rings is 2. The molecule has 0 aliphatic carbocycles. The number of H-pyrrole nitrogens is 1. The summed E-state index contributed by atoms with van der Waals surface area (Å²) in [7, 11) is 3.15. The lowest BCUT2D eigenvalue weighted by Crippen LogP contribution is -2.22. The maximum atomic E-state index is 12.2. The molecule has 0 radical (unpaired) electrons. The molecule has 3 aromatic rings. The average Bonchev–Trinajstić information content (AvgIpc) is 3.08. The molecule has 8 heteroatoms. The second-order valence-electron chi connectivity index (χ2n) is 5.39. The molecule has 0 spiro atoms. The normalized spacial score (nSPS) is 10.5. The molecular formula is C18H18N4O3S. The van der Waals surface area contributed by atoms with Gasteiger partial charge in [0.05, 0.1) is 35.1 Å². The van der Waals surface area contributed by atoms with Crippen molar-refractivity contribution in [1.82, 2.24) is 15.3 Å². The van der Waals surface area contributed by atoms with Crippen molar-refractivity contribution in [3.05, 3.63) is 48.0 Å². The number of ether oxygens (including phenoxy) is 1. The van der Waals surface area contributed by atoms with Crippen LogP contribution in [0, 0.1) is 0 Å². The van der Waals surface area contributed by atoms with Gasteiger partial charge in [-0.1, -0.05) is 23.9 Å². The molecule has 0 bridgehead atoms. The minimum Gasteiger partial charge on any atom is -0.497 e. The number of thioether (sulfide) groups is 1. The maximum Gasteiger partial charge on any atom is 0.253 e. The number of methoxy groups -OCH3 is 1. The van der Waals surface area contributed by atoms with E-state index in [0.717, 1.165) is 16.8 Å². The number of imidazole rings is 1. The molecule has 1 aromatic heterocycles. The smallest absolute Gasteiger partial charge is 0.253 e. The third-order valence-electron chi connectivity index (χ3n) is 3.68. The molecule has 0 saturated heterocycles. The Hall–Kier alpha value is -3.00. The van der Waals surface area contributed by atoms with E-state index in [1.54, 1.807) is 38.4 Å². The first-order valence-electron chi connectivity index (χ1n) is 7.88. The van der Waals surface area contributed by atoms with Gasteiger partial charge in [0, 0.05) is 13.1 Å². The van der Waals surface area contributed by atoms with Crippen molar-refractivity contribution in [1.29, 1.82) is 0 Å². The van der Waals surface area contributed by atoms with Gasteiger partial charge in [-0.3, -0.25) is 9.59 Å². The van der Waals surface area contributed by atoms with Gasteiger partial charge in [0.25, 0.3) is 5.91 Å². The topological polar surface area (TPSA) is 96.1 Å². The second-order valence-corrected chi connectivity index (χ2v) is 6.35. The first-order valence-corrected chi connectivity index (χ1v) is 8.87. The molecule has 3 rings (SSSR count). The Morgan fingerprint density at radius 2 is 2.04 bits per heavy atom. The van der Waals surface area contributed by atoms with Crippen LogP contribution in [0.15, 0.2) is 47.6 Å². The van der Waals surface area contributed by atoms with E-state index in [-0.39, 0.29) is 17.6 Å². The number of fused-ring (bicyclic) bond motifs is 1. The Labute approximate surface area is 154 Å². The van der Waals surface area contributed by atoms with Gasteiger partial charge >= 0.3 is 0 Å². The lowest BCUT2D eigenvalue weighted by atomic mass is 10.1. The molecule has 0 saturated carbocycles. The van der Waals surface area contributed by atoms with Crippen LogP contribution in [0.4, 0.5) is 5.69 Å². The summed E-state index contributed by atoms with van der Waals surface area (Å²) in [5.74, 6) is 0.435. The van der Waals surface area contributed by atoms with Crippen LogP contribution in [0.5, 0.6) is 5.75 Å². The highest BCUT2D eigenvalue weighted by Crippen LogP contribution is 2.23. The van der Waals surface area contributed by atoms with E-state index in [2.05, 4.69) is 20.6 Å². The highest BCUT2D eigenvalue weighted by Gasteiger charge is 2.13. The number of rotatable bonds is 6. The SMILES string of the molecule is CNC(=O)c1ccccc1NC(=O)CSc1nc2ccc(OC)cc2[nH]1. The summed E-state index contributed by atoms with van der Waals surface area (Å²) < 4.78 is 5.18. The van der Waals surface area contributed by atoms with Crippen molar-refractivity contribution in [2.75, 3.05) is 25.2 Å². The lowest BCUT2D eigenvalue weighted by molar-refractivity contribution is -0.113.